The van der Waals surface area contributed by atoms with Crippen LogP contribution in [0.25, 0.3) is 6.08 Å². The van der Waals surface area contributed by atoms with Crippen molar-refractivity contribution in [2.24, 2.45) is 0 Å². The van der Waals surface area contributed by atoms with E-state index in [2.05, 4.69) is 32.1 Å². The fourth-order valence-electron chi connectivity index (χ4n) is 1.38. The van der Waals surface area contributed by atoms with Crippen molar-refractivity contribution >= 4 is 6.08 Å². The lowest BCUT2D eigenvalue weighted by molar-refractivity contribution is 0.263. The Morgan fingerprint density at radius 1 is 1.53 bits per heavy atom. The van der Waals surface area contributed by atoms with Crippen molar-refractivity contribution < 1.29 is 9.47 Å². The van der Waals surface area contributed by atoms with E-state index in [1.807, 2.05) is 12.1 Å². The van der Waals surface area contributed by atoms with Gasteiger partial charge in [-0.1, -0.05) is 23.8 Å². The second-order valence-electron chi connectivity index (χ2n) is 4.06. The van der Waals surface area contributed by atoms with Crippen molar-refractivity contribution in [1.82, 2.24) is 0 Å². The van der Waals surface area contributed by atoms with Gasteiger partial charge in [0.15, 0.2) is 0 Å². The van der Waals surface area contributed by atoms with E-state index >= 15 is 0 Å². The van der Waals surface area contributed by atoms with Crippen LogP contribution in [0.2, 0.25) is 0 Å². The zero-order valence-corrected chi connectivity index (χ0v) is 9.19. The minimum Gasteiger partial charge on any atom is -0.491 e. The van der Waals surface area contributed by atoms with Crippen LogP contribution in [0.4, 0.5) is 0 Å². The van der Waals surface area contributed by atoms with Crippen LogP contribution >= 0.6 is 0 Å². The van der Waals surface area contributed by atoms with Crippen LogP contribution < -0.4 is 4.74 Å². The molecule has 80 valence electrons. The van der Waals surface area contributed by atoms with Crippen molar-refractivity contribution in [2.75, 3.05) is 13.2 Å². The Balaban J connectivity index is 2.00. The lowest BCUT2D eigenvalue weighted by Gasteiger charge is -2.04. The van der Waals surface area contributed by atoms with Gasteiger partial charge in [0.25, 0.3) is 0 Å². The van der Waals surface area contributed by atoms with Crippen molar-refractivity contribution in [3.63, 3.8) is 0 Å². The van der Waals surface area contributed by atoms with Gasteiger partial charge in [0.05, 0.1) is 6.61 Å². The predicted molar refractivity (Wildman–Crippen MR) is 61.0 cm³/mol. The van der Waals surface area contributed by atoms with E-state index in [1.54, 1.807) is 0 Å². The summed E-state index contributed by atoms with van der Waals surface area (Å²) in [6, 6.07) is 8.12. The first-order valence-electron chi connectivity index (χ1n) is 5.23. The molecule has 0 saturated carbocycles. The third-order valence-corrected chi connectivity index (χ3v) is 2.15. The van der Waals surface area contributed by atoms with Gasteiger partial charge >= 0.3 is 0 Å². The molecule has 2 nitrogen and oxygen atoms in total. The molecule has 1 saturated heterocycles. The molecule has 1 atom stereocenters. The highest BCUT2D eigenvalue weighted by Crippen LogP contribution is 2.18. The summed E-state index contributed by atoms with van der Waals surface area (Å²) in [4.78, 5) is 0. The van der Waals surface area contributed by atoms with Crippen molar-refractivity contribution in [3.05, 3.63) is 35.4 Å². The minimum atomic E-state index is 0.317. The molecule has 1 aliphatic heterocycles. The van der Waals surface area contributed by atoms with Crippen molar-refractivity contribution in [1.29, 1.82) is 0 Å². The number of epoxide rings is 1. The molecule has 0 radical (unpaired) electrons. The summed E-state index contributed by atoms with van der Waals surface area (Å²) < 4.78 is 10.7. The first-order valence-corrected chi connectivity index (χ1v) is 5.23. The second kappa shape index (κ2) is 4.49. The molecule has 0 aliphatic carbocycles. The summed E-state index contributed by atoms with van der Waals surface area (Å²) in [7, 11) is 0. The number of rotatable bonds is 4. The topological polar surface area (TPSA) is 21.8 Å². The summed E-state index contributed by atoms with van der Waals surface area (Å²) in [5.74, 6) is 0.917. The van der Waals surface area contributed by atoms with Crippen LogP contribution in [0.5, 0.6) is 5.75 Å². The molecule has 1 aromatic carbocycles. The second-order valence-corrected chi connectivity index (χ2v) is 4.06. The lowest BCUT2D eigenvalue weighted by Crippen LogP contribution is -2.03. The molecular formula is C13H16O2. The van der Waals surface area contributed by atoms with E-state index < -0.39 is 0 Å². The van der Waals surface area contributed by atoms with Crippen LogP contribution in [0, 0.1) is 0 Å². The monoisotopic (exact) mass is 204 g/mol. The minimum absolute atomic E-state index is 0.317. The summed E-state index contributed by atoms with van der Waals surface area (Å²) in [6.45, 7) is 5.68. The quantitative estimate of drug-likeness (QED) is 0.703. The van der Waals surface area contributed by atoms with Gasteiger partial charge in [-0.3, -0.25) is 0 Å². The highest BCUT2D eigenvalue weighted by Gasteiger charge is 2.22. The summed E-state index contributed by atoms with van der Waals surface area (Å²) in [5, 5.41) is 0. The Hall–Kier alpha value is -1.28. The molecule has 0 spiro atoms. The number of hydrogen-bond acceptors (Lipinski definition) is 2. The number of allylic oxidation sites excluding steroid dienone is 1. The molecule has 0 N–H and O–H groups in total. The first kappa shape index (κ1) is 10.2. The molecule has 1 aliphatic rings. The van der Waals surface area contributed by atoms with Gasteiger partial charge in [-0.05, 0) is 31.5 Å². The van der Waals surface area contributed by atoms with Gasteiger partial charge in [0, 0.05) is 0 Å². The van der Waals surface area contributed by atoms with Gasteiger partial charge < -0.3 is 9.47 Å². The summed E-state index contributed by atoms with van der Waals surface area (Å²) >= 11 is 0. The maximum absolute atomic E-state index is 5.60. The lowest BCUT2D eigenvalue weighted by atomic mass is 10.1. The van der Waals surface area contributed by atoms with E-state index in [0.29, 0.717) is 12.7 Å². The average Bonchev–Trinajstić information content (AvgIpc) is 2.97. The van der Waals surface area contributed by atoms with Gasteiger partial charge in [-0.2, -0.15) is 0 Å². The third kappa shape index (κ3) is 3.40. The number of ether oxygens (including phenoxy) is 2. The first-order chi connectivity index (χ1) is 7.24. The maximum Gasteiger partial charge on any atom is 0.120 e. The fourth-order valence-corrected chi connectivity index (χ4v) is 1.38. The summed E-state index contributed by atoms with van der Waals surface area (Å²) in [6.07, 6.45) is 2.46. The maximum atomic E-state index is 5.60. The number of hydrogen-bond donors (Lipinski definition) is 0. The zero-order valence-electron chi connectivity index (χ0n) is 9.19. The standard InChI is InChI=1S/C13H16O2/c1-10(2)6-11-4-3-5-12(7-11)14-8-13-9-15-13/h3-7,13H,8-9H2,1-2H3. The van der Waals surface area contributed by atoms with Gasteiger partial charge in [-0.25, -0.2) is 0 Å². The highest BCUT2D eigenvalue weighted by atomic mass is 16.6. The molecule has 0 bridgehead atoms. The fraction of sp³-hybridized carbons (Fsp3) is 0.385. The smallest absolute Gasteiger partial charge is 0.120 e. The molecule has 0 aromatic heterocycles. The molecule has 1 unspecified atom stereocenters. The van der Waals surface area contributed by atoms with E-state index in [1.165, 1.54) is 11.1 Å². The van der Waals surface area contributed by atoms with Crippen LogP contribution in [0.15, 0.2) is 29.8 Å². The molecule has 1 heterocycles. The van der Waals surface area contributed by atoms with Crippen molar-refractivity contribution in [3.8, 4) is 5.75 Å². The van der Waals surface area contributed by atoms with E-state index in [0.717, 1.165) is 12.4 Å². The van der Waals surface area contributed by atoms with Crippen LogP contribution in [0.1, 0.15) is 19.4 Å². The SMILES string of the molecule is CC(C)=Cc1cccc(OCC2CO2)c1. The van der Waals surface area contributed by atoms with Crippen LogP contribution in [-0.4, -0.2) is 19.3 Å². The molecule has 2 heteroatoms. The van der Waals surface area contributed by atoms with E-state index in [4.69, 9.17) is 9.47 Å². The number of benzene rings is 1. The van der Waals surface area contributed by atoms with Gasteiger partial charge in [0.1, 0.15) is 18.5 Å². The normalized spacial score (nSPS) is 18.4. The van der Waals surface area contributed by atoms with Crippen LogP contribution in [-0.2, 0) is 4.74 Å². The largest absolute Gasteiger partial charge is 0.491 e. The Bertz CT molecular complexity index is 361. The van der Waals surface area contributed by atoms with Gasteiger partial charge in [-0.15, -0.1) is 0 Å². The third-order valence-electron chi connectivity index (χ3n) is 2.15. The molecule has 1 aromatic rings. The van der Waals surface area contributed by atoms with Crippen LogP contribution in [0.3, 0.4) is 0 Å². The Morgan fingerprint density at radius 2 is 2.33 bits per heavy atom. The van der Waals surface area contributed by atoms with E-state index in [-0.39, 0.29) is 0 Å². The molecule has 2 rings (SSSR count). The zero-order chi connectivity index (χ0) is 10.7. The summed E-state index contributed by atoms with van der Waals surface area (Å²) in [5.41, 5.74) is 2.47. The molecule has 0 amide bonds. The Labute approximate surface area is 90.5 Å². The predicted octanol–water partition coefficient (Wildman–Crippen LogP) is 2.89. The van der Waals surface area contributed by atoms with E-state index in [9.17, 15) is 0 Å². The van der Waals surface area contributed by atoms with Crippen molar-refractivity contribution in [2.45, 2.75) is 20.0 Å². The van der Waals surface area contributed by atoms with Gasteiger partial charge in [0.2, 0.25) is 0 Å². The molecule has 15 heavy (non-hydrogen) atoms. The molecular weight excluding hydrogens is 188 g/mol. The average molecular weight is 204 g/mol. The Kier molecular flexibility index (Phi) is 3.07. The highest BCUT2D eigenvalue weighted by molar-refractivity contribution is 5.53. The Morgan fingerprint density at radius 3 is 3.00 bits per heavy atom. The molecule has 1 fully saturated rings.